The number of benzene rings is 1. The first-order valence-corrected chi connectivity index (χ1v) is 8.95. The van der Waals surface area contributed by atoms with Crippen LogP contribution in [0.25, 0.3) is 10.9 Å². The SMILES string of the molecule is COc1ccnc(N2CCN(c3ccc4ncnc(N(C)C)c4c3)CC2)n1. The summed E-state index contributed by atoms with van der Waals surface area (Å²) in [5, 5.41) is 1.07. The molecule has 0 N–H and O–H groups in total. The number of piperazine rings is 1. The first-order chi connectivity index (χ1) is 13.2. The second-order valence-corrected chi connectivity index (χ2v) is 6.67. The number of nitrogens with zero attached hydrogens (tertiary/aromatic N) is 7. The highest BCUT2D eigenvalue weighted by Crippen LogP contribution is 2.27. The molecule has 140 valence electrons. The highest BCUT2D eigenvalue weighted by atomic mass is 16.5. The minimum atomic E-state index is 0.591. The predicted molar refractivity (Wildman–Crippen MR) is 107 cm³/mol. The van der Waals surface area contributed by atoms with Crippen LogP contribution in [0.15, 0.2) is 36.8 Å². The Morgan fingerprint density at radius 2 is 1.74 bits per heavy atom. The summed E-state index contributed by atoms with van der Waals surface area (Å²) < 4.78 is 5.20. The van der Waals surface area contributed by atoms with Gasteiger partial charge in [-0.3, -0.25) is 0 Å². The van der Waals surface area contributed by atoms with Crippen molar-refractivity contribution >= 4 is 28.4 Å². The summed E-state index contributed by atoms with van der Waals surface area (Å²) in [6, 6.07) is 8.14. The zero-order valence-electron chi connectivity index (χ0n) is 15.8. The maximum atomic E-state index is 5.20. The Labute approximate surface area is 158 Å². The standard InChI is InChI=1S/C19H23N7O/c1-24(2)18-15-12-14(4-5-16(15)21-13-22-18)25-8-10-26(11-9-25)19-20-7-6-17(23-19)27-3/h4-7,12-13H,8-11H2,1-3H3. The Morgan fingerprint density at radius 3 is 2.48 bits per heavy atom. The number of fused-ring (bicyclic) bond motifs is 1. The van der Waals surface area contributed by atoms with Gasteiger partial charge in [0.1, 0.15) is 12.1 Å². The lowest BCUT2D eigenvalue weighted by Crippen LogP contribution is -2.47. The monoisotopic (exact) mass is 365 g/mol. The molecule has 3 aromatic rings. The molecule has 8 nitrogen and oxygen atoms in total. The van der Waals surface area contributed by atoms with Crippen LogP contribution in [0.2, 0.25) is 0 Å². The number of hydrogen-bond acceptors (Lipinski definition) is 8. The molecule has 8 heteroatoms. The van der Waals surface area contributed by atoms with Crippen LogP contribution in [0.4, 0.5) is 17.5 Å². The molecule has 1 fully saturated rings. The van der Waals surface area contributed by atoms with Crippen molar-refractivity contribution in [2.75, 3.05) is 62.1 Å². The summed E-state index contributed by atoms with van der Waals surface area (Å²) in [7, 11) is 5.62. The second kappa shape index (κ2) is 7.22. The van der Waals surface area contributed by atoms with E-state index in [0.717, 1.165) is 48.8 Å². The maximum absolute atomic E-state index is 5.20. The Balaban J connectivity index is 1.53. The normalized spacial score (nSPS) is 14.5. The van der Waals surface area contributed by atoms with Gasteiger partial charge in [0, 0.05) is 63.6 Å². The van der Waals surface area contributed by atoms with Gasteiger partial charge in [-0.25, -0.2) is 15.0 Å². The van der Waals surface area contributed by atoms with E-state index >= 15 is 0 Å². The van der Waals surface area contributed by atoms with Gasteiger partial charge in [-0.05, 0) is 18.2 Å². The molecule has 1 aromatic carbocycles. The van der Waals surface area contributed by atoms with Crippen molar-refractivity contribution in [1.82, 2.24) is 19.9 Å². The summed E-state index contributed by atoms with van der Waals surface area (Å²) >= 11 is 0. The molecule has 1 aliphatic rings. The molecule has 0 bridgehead atoms. The van der Waals surface area contributed by atoms with Gasteiger partial charge in [0.2, 0.25) is 11.8 Å². The highest BCUT2D eigenvalue weighted by Gasteiger charge is 2.20. The van der Waals surface area contributed by atoms with Crippen LogP contribution in [-0.4, -0.2) is 67.3 Å². The summed E-state index contributed by atoms with van der Waals surface area (Å²) in [6.45, 7) is 3.52. The van der Waals surface area contributed by atoms with E-state index in [4.69, 9.17) is 4.74 Å². The second-order valence-electron chi connectivity index (χ2n) is 6.67. The molecule has 3 heterocycles. The number of hydrogen-bond donors (Lipinski definition) is 0. The van der Waals surface area contributed by atoms with Crippen molar-refractivity contribution in [1.29, 1.82) is 0 Å². The van der Waals surface area contributed by atoms with Crippen LogP contribution in [0.1, 0.15) is 0 Å². The zero-order valence-corrected chi connectivity index (χ0v) is 15.8. The van der Waals surface area contributed by atoms with Gasteiger partial charge in [-0.15, -0.1) is 0 Å². The fraction of sp³-hybridized carbons (Fsp3) is 0.368. The number of aromatic nitrogens is 4. The van der Waals surface area contributed by atoms with Crippen LogP contribution in [0.5, 0.6) is 5.88 Å². The van der Waals surface area contributed by atoms with Crippen LogP contribution >= 0.6 is 0 Å². The van der Waals surface area contributed by atoms with Crippen LogP contribution in [0.3, 0.4) is 0 Å². The van der Waals surface area contributed by atoms with Crippen LogP contribution < -0.4 is 19.4 Å². The van der Waals surface area contributed by atoms with Crippen LogP contribution in [0, 0.1) is 0 Å². The van der Waals surface area contributed by atoms with Crippen molar-refractivity contribution in [2.45, 2.75) is 0 Å². The number of rotatable bonds is 4. The molecule has 0 atom stereocenters. The number of anilines is 3. The summed E-state index contributed by atoms with van der Waals surface area (Å²) in [4.78, 5) is 24.2. The average molecular weight is 365 g/mol. The molecule has 0 amide bonds. The Morgan fingerprint density at radius 1 is 0.963 bits per heavy atom. The summed E-state index contributed by atoms with van der Waals surface area (Å²) in [5.74, 6) is 2.24. The minimum absolute atomic E-state index is 0.591. The molecule has 0 spiro atoms. The van der Waals surface area contributed by atoms with Gasteiger partial charge in [0.25, 0.3) is 0 Å². The van der Waals surface area contributed by atoms with Crippen molar-refractivity contribution < 1.29 is 4.74 Å². The van der Waals surface area contributed by atoms with E-state index in [9.17, 15) is 0 Å². The fourth-order valence-corrected chi connectivity index (χ4v) is 3.35. The van der Waals surface area contributed by atoms with Crippen molar-refractivity contribution in [3.05, 3.63) is 36.8 Å². The molecule has 0 saturated carbocycles. The van der Waals surface area contributed by atoms with Gasteiger partial charge in [-0.2, -0.15) is 4.98 Å². The first kappa shape index (κ1) is 17.3. The van der Waals surface area contributed by atoms with Crippen molar-refractivity contribution in [3.63, 3.8) is 0 Å². The molecule has 1 aliphatic heterocycles. The Bertz CT molecular complexity index is 938. The topological polar surface area (TPSA) is 70.5 Å². The molecule has 2 aromatic heterocycles. The van der Waals surface area contributed by atoms with Gasteiger partial charge in [-0.1, -0.05) is 0 Å². The third-order valence-electron chi connectivity index (χ3n) is 4.78. The Kier molecular flexibility index (Phi) is 4.62. The number of ether oxygens (including phenoxy) is 1. The first-order valence-electron chi connectivity index (χ1n) is 8.95. The smallest absolute Gasteiger partial charge is 0.228 e. The molecular formula is C19H23N7O. The van der Waals surface area contributed by atoms with E-state index in [1.54, 1.807) is 25.7 Å². The van der Waals surface area contributed by atoms with E-state index in [-0.39, 0.29) is 0 Å². The van der Waals surface area contributed by atoms with Gasteiger partial charge in [0.15, 0.2) is 0 Å². The molecule has 4 rings (SSSR count). The molecule has 27 heavy (non-hydrogen) atoms. The quantitative estimate of drug-likeness (QED) is 0.693. The number of methoxy groups -OCH3 is 1. The average Bonchev–Trinajstić information content (AvgIpc) is 2.73. The molecule has 0 radical (unpaired) electrons. The lowest BCUT2D eigenvalue weighted by atomic mass is 10.1. The zero-order chi connectivity index (χ0) is 18.8. The van der Waals surface area contributed by atoms with Gasteiger partial charge in [0.05, 0.1) is 12.6 Å². The van der Waals surface area contributed by atoms with Gasteiger partial charge >= 0.3 is 0 Å². The largest absolute Gasteiger partial charge is 0.481 e. The molecule has 0 unspecified atom stereocenters. The lowest BCUT2D eigenvalue weighted by Gasteiger charge is -2.36. The molecule has 0 aliphatic carbocycles. The minimum Gasteiger partial charge on any atom is -0.481 e. The summed E-state index contributed by atoms with van der Waals surface area (Å²) in [6.07, 6.45) is 3.35. The van der Waals surface area contributed by atoms with E-state index in [2.05, 4.69) is 47.9 Å². The summed E-state index contributed by atoms with van der Waals surface area (Å²) in [5.41, 5.74) is 2.15. The van der Waals surface area contributed by atoms with E-state index < -0.39 is 0 Å². The highest BCUT2D eigenvalue weighted by molar-refractivity contribution is 5.91. The third-order valence-corrected chi connectivity index (χ3v) is 4.78. The van der Waals surface area contributed by atoms with E-state index in [1.807, 2.05) is 19.0 Å². The molecule has 1 saturated heterocycles. The van der Waals surface area contributed by atoms with Crippen LogP contribution in [-0.2, 0) is 0 Å². The fourth-order valence-electron chi connectivity index (χ4n) is 3.35. The lowest BCUT2D eigenvalue weighted by molar-refractivity contribution is 0.396. The molecular weight excluding hydrogens is 342 g/mol. The third kappa shape index (κ3) is 3.42. The van der Waals surface area contributed by atoms with Crippen molar-refractivity contribution in [3.8, 4) is 5.88 Å². The predicted octanol–water partition coefficient (Wildman–Crippen LogP) is 1.82. The maximum Gasteiger partial charge on any atom is 0.228 e. The van der Waals surface area contributed by atoms with Crippen molar-refractivity contribution in [2.24, 2.45) is 0 Å². The van der Waals surface area contributed by atoms with E-state index in [1.165, 1.54) is 5.69 Å². The van der Waals surface area contributed by atoms with E-state index in [0.29, 0.717) is 5.88 Å². The Hall–Kier alpha value is -3.16. The van der Waals surface area contributed by atoms with Gasteiger partial charge < -0.3 is 19.4 Å².